The normalized spacial score (nSPS) is 19.0. The Morgan fingerprint density at radius 3 is 2.41 bits per heavy atom. The molecule has 3 rings (SSSR count). The van der Waals surface area contributed by atoms with E-state index in [1.165, 1.54) is 37.0 Å². The van der Waals surface area contributed by atoms with Gasteiger partial charge in [0.2, 0.25) is 0 Å². The molecule has 5 nitrogen and oxygen atoms in total. The molecular formula is C21H33N4OS+. The summed E-state index contributed by atoms with van der Waals surface area (Å²) in [6, 6.07) is 6.65. The van der Waals surface area contributed by atoms with E-state index < -0.39 is 0 Å². The van der Waals surface area contributed by atoms with Gasteiger partial charge < -0.3 is 20.4 Å². The zero-order chi connectivity index (χ0) is 19.2. The van der Waals surface area contributed by atoms with E-state index in [1.807, 2.05) is 32.0 Å². The fourth-order valence-corrected chi connectivity index (χ4v) is 4.49. The van der Waals surface area contributed by atoms with Crippen molar-refractivity contribution in [3.05, 3.63) is 29.3 Å². The number of anilines is 1. The summed E-state index contributed by atoms with van der Waals surface area (Å²) in [6.07, 6.45) is 6.46. The minimum atomic E-state index is 0.0961. The van der Waals surface area contributed by atoms with Crippen LogP contribution in [0.5, 0.6) is 0 Å². The van der Waals surface area contributed by atoms with Crippen molar-refractivity contribution < 1.29 is 9.69 Å². The molecule has 0 spiro atoms. The van der Waals surface area contributed by atoms with E-state index in [4.69, 9.17) is 12.2 Å². The minimum Gasteiger partial charge on any atom is -0.360 e. The largest absolute Gasteiger partial charge is 0.360 e. The van der Waals surface area contributed by atoms with Crippen molar-refractivity contribution in [2.45, 2.75) is 52.0 Å². The maximum atomic E-state index is 12.5. The van der Waals surface area contributed by atoms with E-state index in [2.05, 4.69) is 15.5 Å². The van der Waals surface area contributed by atoms with E-state index >= 15 is 0 Å². The quantitative estimate of drug-likeness (QED) is 0.686. The number of nitrogens with one attached hydrogen (secondary N) is 3. The molecule has 0 bridgehead atoms. The number of para-hydroxylation sites is 1. The Balaban J connectivity index is 1.42. The van der Waals surface area contributed by atoms with Gasteiger partial charge in [-0.1, -0.05) is 37.5 Å². The molecule has 0 aromatic heterocycles. The number of nitrogens with zero attached hydrogens (tertiary/aromatic N) is 1. The van der Waals surface area contributed by atoms with Crippen LogP contribution in [0.3, 0.4) is 0 Å². The standard InChI is InChI=1S/C21H32N4OS/c1-16-7-6-8-17(2)20(16)23-19(26)15-24-11-13-25(14-12-24)21(27)22-18-9-4-3-5-10-18/h6-8,18H,3-5,9-15H2,1-2H3,(H,22,27)(H,23,26)/p+1. The van der Waals surface area contributed by atoms with E-state index in [1.54, 1.807) is 0 Å². The van der Waals surface area contributed by atoms with Crippen molar-refractivity contribution in [3.63, 3.8) is 0 Å². The number of amides is 1. The van der Waals surface area contributed by atoms with Crippen molar-refractivity contribution in [2.24, 2.45) is 0 Å². The Bertz CT molecular complexity index is 644. The topological polar surface area (TPSA) is 48.8 Å². The van der Waals surface area contributed by atoms with Crippen LogP contribution in [0.15, 0.2) is 18.2 Å². The molecule has 1 aromatic carbocycles. The molecule has 6 heteroatoms. The summed E-state index contributed by atoms with van der Waals surface area (Å²) in [5.41, 5.74) is 3.18. The van der Waals surface area contributed by atoms with Gasteiger partial charge in [0.15, 0.2) is 11.7 Å². The molecule has 1 saturated carbocycles. The number of thiocarbonyl (C=S) groups is 1. The summed E-state index contributed by atoms with van der Waals surface area (Å²) >= 11 is 5.62. The number of aryl methyl sites for hydroxylation is 2. The van der Waals surface area contributed by atoms with Gasteiger partial charge in [0.25, 0.3) is 5.91 Å². The molecule has 2 aliphatic rings. The predicted molar refractivity (Wildman–Crippen MR) is 114 cm³/mol. The number of quaternary nitrogens is 1. The van der Waals surface area contributed by atoms with Crippen LogP contribution in [0.4, 0.5) is 5.69 Å². The summed E-state index contributed by atoms with van der Waals surface area (Å²) in [4.78, 5) is 16.1. The summed E-state index contributed by atoms with van der Waals surface area (Å²) in [6.45, 7) is 8.34. The predicted octanol–water partition coefficient (Wildman–Crippen LogP) is 1.65. The highest BCUT2D eigenvalue weighted by Crippen LogP contribution is 2.19. The van der Waals surface area contributed by atoms with Crippen LogP contribution >= 0.6 is 12.2 Å². The Morgan fingerprint density at radius 2 is 1.78 bits per heavy atom. The van der Waals surface area contributed by atoms with Crippen LogP contribution in [0.2, 0.25) is 0 Å². The lowest BCUT2D eigenvalue weighted by molar-refractivity contribution is -0.895. The Morgan fingerprint density at radius 1 is 1.15 bits per heavy atom. The molecule has 1 amide bonds. The molecule has 0 atom stereocenters. The van der Waals surface area contributed by atoms with Crippen LogP contribution in [0, 0.1) is 13.8 Å². The molecule has 0 unspecified atom stereocenters. The first-order valence-electron chi connectivity index (χ1n) is 10.3. The number of hydrogen-bond donors (Lipinski definition) is 3. The summed E-state index contributed by atoms with van der Waals surface area (Å²) < 4.78 is 0. The summed E-state index contributed by atoms with van der Waals surface area (Å²) in [5.74, 6) is 0.0961. The smallest absolute Gasteiger partial charge is 0.279 e. The van der Waals surface area contributed by atoms with E-state index in [9.17, 15) is 4.79 Å². The van der Waals surface area contributed by atoms with Gasteiger partial charge in [-0.05, 0) is 50.0 Å². The van der Waals surface area contributed by atoms with Crippen molar-refractivity contribution in [1.29, 1.82) is 0 Å². The van der Waals surface area contributed by atoms with Crippen LogP contribution in [0.1, 0.15) is 43.2 Å². The maximum Gasteiger partial charge on any atom is 0.279 e. The third kappa shape index (κ3) is 5.66. The number of piperazine rings is 1. The van der Waals surface area contributed by atoms with Gasteiger partial charge >= 0.3 is 0 Å². The van der Waals surface area contributed by atoms with E-state index in [-0.39, 0.29) is 5.91 Å². The van der Waals surface area contributed by atoms with Crippen LogP contribution < -0.4 is 15.5 Å². The molecular weight excluding hydrogens is 356 g/mol. The minimum absolute atomic E-state index is 0.0961. The number of rotatable bonds is 4. The summed E-state index contributed by atoms with van der Waals surface area (Å²) in [5, 5.41) is 7.56. The molecule has 1 aromatic rings. The first-order chi connectivity index (χ1) is 13.0. The van der Waals surface area contributed by atoms with Gasteiger partial charge in [-0.3, -0.25) is 4.79 Å². The van der Waals surface area contributed by atoms with Crippen LogP contribution in [-0.4, -0.2) is 54.7 Å². The highest BCUT2D eigenvalue weighted by atomic mass is 32.1. The lowest BCUT2D eigenvalue weighted by Crippen LogP contribution is -3.15. The van der Waals surface area contributed by atoms with Gasteiger partial charge in [0.1, 0.15) is 0 Å². The second kappa shape index (κ2) is 9.51. The third-order valence-corrected chi connectivity index (χ3v) is 6.22. The summed E-state index contributed by atoms with van der Waals surface area (Å²) in [7, 11) is 0. The number of benzene rings is 1. The second-order valence-electron chi connectivity index (χ2n) is 8.01. The first kappa shape index (κ1) is 20.1. The van der Waals surface area contributed by atoms with Crippen molar-refractivity contribution in [2.75, 3.05) is 38.0 Å². The van der Waals surface area contributed by atoms with Gasteiger partial charge in [0.05, 0.1) is 26.2 Å². The fourth-order valence-electron chi connectivity index (χ4n) is 4.14. The molecule has 1 saturated heterocycles. The van der Waals surface area contributed by atoms with Gasteiger partial charge in [-0.15, -0.1) is 0 Å². The van der Waals surface area contributed by atoms with Gasteiger partial charge in [-0.25, -0.2) is 0 Å². The molecule has 3 N–H and O–H groups in total. The highest BCUT2D eigenvalue weighted by molar-refractivity contribution is 7.80. The van der Waals surface area contributed by atoms with Crippen LogP contribution in [-0.2, 0) is 4.79 Å². The molecule has 1 aliphatic carbocycles. The van der Waals surface area contributed by atoms with Crippen molar-refractivity contribution >= 4 is 28.9 Å². The molecule has 27 heavy (non-hydrogen) atoms. The average Bonchev–Trinajstić information content (AvgIpc) is 2.66. The monoisotopic (exact) mass is 389 g/mol. The Kier molecular flexibility index (Phi) is 7.07. The lowest BCUT2D eigenvalue weighted by Gasteiger charge is -2.35. The van der Waals surface area contributed by atoms with Crippen molar-refractivity contribution in [1.82, 2.24) is 10.2 Å². The van der Waals surface area contributed by atoms with Crippen LogP contribution in [0.25, 0.3) is 0 Å². The number of carbonyl (C=O) groups is 1. The van der Waals surface area contributed by atoms with E-state index in [0.29, 0.717) is 12.6 Å². The molecule has 2 fully saturated rings. The lowest BCUT2D eigenvalue weighted by atomic mass is 9.96. The number of hydrogen-bond acceptors (Lipinski definition) is 2. The van der Waals surface area contributed by atoms with Gasteiger partial charge in [-0.2, -0.15) is 0 Å². The Labute approximate surface area is 168 Å². The third-order valence-electron chi connectivity index (χ3n) is 5.85. The highest BCUT2D eigenvalue weighted by Gasteiger charge is 2.25. The SMILES string of the molecule is Cc1cccc(C)c1NC(=O)C[NH+]1CCN(C(=S)NC2CCCCC2)CC1. The van der Waals surface area contributed by atoms with E-state index in [0.717, 1.165) is 48.1 Å². The fraction of sp³-hybridized carbons (Fsp3) is 0.619. The first-order valence-corrected chi connectivity index (χ1v) is 10.7. The molecule has 1 aliphatic heterocycles. The number of carbonyl (C=O) groups excluding carboxylic acids is 1. The maximum absolute atomic E-state index is 12.5. The zero-order valence-corrected chi connectivity index (χ0v) is 17.5. The van der Waals surface area contributed by atoms with Gasteiger partial charge in [0, 0.05) is 11.7 Å². The molecule has 1 heterocycles. The second-order valence-corrected chi connectivity index (χ2v) is 8.40. The zero-order valence-electron chi connectivity index (χ0n) is 16.6. The average molecular weight is 390 g/mol. The Hall–Kier alpha value is -1.66. The molecule has 148 valence electrons. The van der Waals surface area contributed by atoms with Crippen molar-refractivity contribution in [3.8, 4) is 0 Å². The molecule has 0 radical (unpaired) electrons.